The molecule has 0 radical (unpaired) electrons. The van der Waals surface area contributed by atoms with E-state index in [-0.39, 0.29) is 35.9 Å². The van der Waals surface area contributed by atoms with E-state index >= 15 is 0 Å². The monoisotopic (exact) mass is 383 g/mol. The number of fused-ring (bicyclic) bond motifs is 1. The Morgan fingerprint density at radius 1 is 1.14 bits per heavy atom. The van der Waals surface area contributed by atoms with Crippen molar-refractivity contribution in [2.45, 2.75) is 64.2 Å². The fourth-order valence-corrected chi connectivity index (χ4v) is 4.66. The van der Waals surface area contributed by atoms with Gasteiger partial charge in [-0.3, -0.25) is 9.59 Å². The molecule has 0 saturated heterocycles. The van der Waals surface area contributed by atoms with E-state index in [0.717, 1.165) is 37.7 Å². The van der Waals surface area contributed by atoms with Gasteiger partial charge in [0.05, 0.1) is 23.6 Å². The molecule has 0 aromatic heterocycles. The van der Waals surface area contributed by atoms with Crippen LogP contribution in [0.1, 0.15) is 57.6 Å². The highest BCUT2D eigenvalue weighted by atomic mass is 16.5. The Morgan fingerprint density at radius 2 is 1.89 bits per heavy atom. The first-order valence-corrected chi connectivity index (χ1v) is 10.5. The number of nitrogens with zero attached hydrogens (tertiary/aromatic N) is 1. The Hall–Kier alpha value is -2.14. The summed E-state index contributed by atoms with van der Waals surface area (Å²) in [6.45, 7) is 5.14. The lowest BCUT2D eigenvalue weighted by Crippen LogP contribution is -2.39. The van der Waals surface area contributed by atoms with Gasteiger partial charge in [0.15, 0.2) is 11.5 Å². The lowest BCUT2D eigenvalue weighted by atomic mass is 9.77. The smallest absolute Gasteiger partial charge is 0.290 e. The molecule has 1 aliphatic carbocycles. The van der Waals surface area contributed by atoms with Crippen LogP contribution in [0.2, 0.25) is 0 Å². The van der Waals surface area contributed by atoms with Gasteiger partial charge in [-0.2, -0.15) is 0 Å². The van der Waals surface area contributed by atoms with Gasteiger partial charge >= 0.3 is 0 Å². The van der Waals surface area contributed by atoms with Crippen molar-refractivity contribution < 1.29 is 19.1 Å². The molecule has 3 unspecified atom stereocenters. The van der Waals surface area contributed by atoms with E-state index in [1.54, 1.807) is 4.90 Å². The SMILES string of the molecule is CC(C)OCCCN1C(=O)C2=C(C(=O)C3CCCCC3O2)C1c1ccccc1. The molecule has 0 bridgehead atoms. The molecule has 2 heterocycles. The van der Waals surface area contributed by atoms with Gasteiger partial charge in [0.25, 0.3) is 5.91 Å². The maximum atomic E-state index is 13.4. The van der Waals surface area contributed by atoms with Crippen LogP contribution in [0.4, 0.5) is 0 Å². The van der Waals surface area contributed by atoms with Gasteiger partial charge in [-0.15, -0.1) is 0 Å². The Labute approximate surface area is 166 Å². The number of amides is 1. The van der Waals surface area contributed by atoms with Crippen LogP contribution in [0.3, 0.4) is 0 Å². The summed E-state index contributed by atoms with van der Waals surface area (Å²) < 4.78 is 11.8. The lowest BCUT2D eigenvalue weighted by molar-refractivity contribution is -0.135. The van der Waals surface area contributed by atoms with Crippen molar-refractivity contribution in [2.75, 3.05) is 13.2 Å². The molecule has 28 heavy (non-hydrogen) atoms. The Balaban J connectivity index is 1.63. The van der Waals surface area contributed by atoms with E-state index in [9.17, 15) is 9.59 Å². The van der Waals surface area contributed by atoms with E-state index in [0.29, 0.717) is 24.5 Å². The van der Waals surface area contributed by atoms with E-state index in [4.69, 9.17) is 9.47 Å². The molecule has 150 valence electrons. The third-order valence-corrected chi connectivity index (χ3v) is 5.97. The standard InChI is InChI=1S/C23H29NO4/c1-15(2)27-14-8-13-24-20(16-9-4-3-5-10-16)19-21(25)17-11-6-7-12-18(17)28-22(19)23(24)26/h3-5,9-10,15,17-18,20H,6-8,11-14H2,1-2H3. The molecule has 1 fully saturated rings. The van der Waals surface area contributed by atoms with Crippen LogP contribution in [0.5, 0.6) is 0 Å². The van der Waals surface area contributed by atoms with Gasteiger partial charge in [0.1, 0.15) is 6.10 Å². The summed E-state index contributed by atoms with van der Waals surface area (Å²) in [5, 5.41) is 0. The fourth-order valence-electron chi connectivity index (χ4n) is 4.66. The van der Waals surface area contributed by atoms with Crippen LogP contribution in [0, 0.1) is 5.92 Å². The third-order valence-electron chi connectivity index (χ3n) is 5.97. The summed E-state index contributed by atoms with van der Waals surface area (Å²) in [6, 6.07) is 9.49. The van der Waals surface area contributed by atoms with Gasteiger partial charge in [-0.05, 0) is 45.1 Å². The minimum absolute atomic E-state index is 0.101. The molecule has 4 rings (SSSR count). The second-order valence-electron chi connectivity index (χ2n) is 8.24. The van der Waals surface area contributed by atoms with Crippen molar-refractivity contribution in [3.63, 3.8) is 0 Å². The topological polar surface area (TPSA) is 55.8 Å². The Bertz CT molecular complexity index is 770. The maximum absolute atomic E-state index is 13.4. The molecule has 1 saturated carbocycles. The van der Waals surface area contributed by atoms with E-state index in [1.165, 1.54) is 0 Å². The maximum Gasteiger partial charge on any atom is 0.290 e. The van der Waals surface area contributed by atoms with Crippen molar-refractivity contribution >= 4 is 11.7 Å². The van der Waals surface area contributed by atoms with Crippen molar-refractivity contribution in [2.24, 2.45) is 5.92 Å². The summed E-state index contributed by atoms with van der Waals surface area (Å²) in [7, 11) is 0. The highest BCUT2D eigenvalue weighted by Gasteiger charge is 2.51. The summed E-state index contributed by atoms with van der Waals surface area (Å²) in [5.41, 5.74) is 1.54. The highest BCUT2D eigenvalue weighted by Crippen LogP contribution is 2.46. The molecule has 0 spiro atoms. The molecule has 5 nitrogen and oxygen atoms in total. The number of ether oxygens (including phenoxy) is 2. The van der Waals surface area contributed by atoms with E-state index in [1.807, 2.05) is 44.2 Å². The van der Waals surface area contributed by atoms with Crippen molar-refractivity contribution in [3.8, 4) is 0 Å². The molecule has 3 aliphatic rings. The number of rotatable bonds is 6. The van der Waals surface area contributed by atoms with Gasteiger partial charge in [0.2, 0.25) is 0 Å². The van der Waals surface area contributed by atoms with Crippen molar-refractivity contribution in [3.05, 3.63) is 47.2 Å². The number of hydrogen-bond acceptors (Lipinski definition) is 4. The summed E-state index contributed by atoms with van der Waals surface area (Å²) >= 11 is 0. The lowest BCUT2D eigenvalue weighted by Gasteiger charge is -2.35. The minimum Gasteiger partial charge on any atom is -0.483 e. The Morgan fingerprint density at radius 3 is 2.64 bits per heavy atom. The number of carbonyl (C=O) groups excluding carboxylic acids is 2. The van der Waals surface area contributed by atoms with Gasteiger partial charge in [-0.1, -0.05) is 36.8 Å². The van der Waals surface area contributed by atoms with Crippen LogP contribution in [0.15, 0.2) is 41.7 Å². The quantitative estimate of drug-likeness (QED) is 0.701. The van der Waals surface area contributed by atoms with Crippen LogP contribution < -0.4 is 0 Å². The van der Waals surface area contributed by atoms with E-state index in [2.05, 4.69) is 0 Å². The molecular formula is C23H29NO4. The first-order chi connectivity index (χ1) is 13.6. The number of carbonyl (C=O) groups is 2. The zero-order valence-corrected chi connectivity index (χ0v) is 16.7. The first kappa shape index (κ1) is 19.2. The number of hydrogen-bond donors (Lipinski definition) is 0. The second-order valence-corrected chi connectivity index (χ2v) is 8.24. The normalized spacial score (nSPS) is 27.1. The molecule has 1 aromatic rings. The number of ketones is 1. The van der Waals surface area contributed by atoms with E-state index < -0.39 is 0 Å². The summed E-state index contributed by atoms with van der Waals surface area (Å²) in [4.78, 5) is 28.4. The number of benzene rings is 1. The summed E-state index contributed by atoms with van der Waals surface area (Å²) in [5.74, 6) is 0.169. The van der Waals surface area contributed by atoms with Crippen LogP contribution in [-0.4, -0.2) is 41.9 Å². The average molecular weight is 383 g/mol. The largest absolute Gasteiger partial charge is 0.483 e. The molecule has 0 N–H and O–H groups in total. The van der Waals surface area contributed by atoms with Crippen LogP contribution >= 0.6 is 0 Å². The fraction of sp³-hybridized carbons (Fsp3) is 0.565. The first-order valence-electron chi connectivity index (χ1n) is 10.5. The predicted molar refractivity (Wildman–Crippen MR) is 105 cm³/mol. The third kappa shape index (κ3) is 3.48. The minimum atomic E-state index is -0.349. The number of Topliss-reactive ketones (excluding diaryl/α,β-unsaturated/α-hetero) is 1. The molecular weight excluding hydrogens is 354 g/mol. The highest BCUT2D eigenvalue weighted by molar-refractivity contribution is 6.11. The summed E-state index contributed by atoms with van der Waals surface area (Å²) in [6.07, 6.45) is 4.59. The molecule has 1 aromatic carbocycles. The van der Waals surface area contributed by atoms with Gasteiger partial charge in [0, 0.05) is 13.2 Å². The van der Waals surface area contributed by atoms with Crippen molar-refractivity contribution in [1.29, 1.82) is 0 Å². The van der Waals surface area contributed by atoms with Gasteiger partial charge in [-0.25, -0.2) is 0 Å². The molecule has 5 heteroatoms. The predicted octanol–water partition coefficient (Wildman–Crippen LogP) is 3.80. The van der Waals surface area contributed by atoms with Gasteiger partial charge < -0.3 is 14.4 Å². The second kappa shape index (κ2) is 8.08. The van der Waals surface area contributed by atoms with Crippen molar-refractivity contribution in [1.82, 2.24) is 4.90 Å². The zero-order chi connectivity index (χ0) is 19.7. The molecule has 2 aliphatic heterocycles. The molecule has 1 amide bonds. The Kier molecular flexibility index (Phi) is 5.54. The van der Waals surface area contributed by atoms with Crippen LogP contribution in [0.25, 0.3) is 0 Å². The zero-order valence-electron chi connectivity index (χ0n) is 16.7. The van der Waals surface area contributed by atoms with Crippen LogP contribution in [-0.2, 0) is 19.1 Å². The molecule has 3 atom stereocenters. The average Bonchev–Trinajstić information content (AvgIpc) is 2.98.